The van der Waals surface area contributed by atoms with E-state index in [-0.39, 0.29) is 17.3 Å². The Bertz CT molecular complexity index is 437. The molecule has 0 aromatic carbocycles. The zero-order valence-electron chi connectivity index (χ0n) is 8.74. The molecule has 1 saturated carbocycles. The number of carboxylic acid groups (broad SMARTS) is 1. The van der Waals surface area contributed by atoms with Gasteiger partial charge in [0, 0.05) is 0 Å². The minimum Gasteiger partial charge on any atom is -0.476 e. The van der Waals surface area contributed by atoms with E-state index in [0.29, 0.717) is 11.1 Å². The first-order valence-electron chi connectivity index (χ1n) is 5.09. The second kappa shape index (κ2) is 4.01. The molecule has 0 spiro atoms. The number of carbonyl (C=O) groups is 1. The summed E-state index contributed by atoms with van der Waals surface area (Å²) in [6.07, 6.45) is -2.31. The van der Waals surface area contributed by atoms with E-state index >= 15 is 0 Å². The fraction of sp³-hybridized carbons (Fsp3) is 0.667. The van der Waals surface area contributed by atoms with Gasteiger partial charge in [0.2, 0.25) is 0 Å². The molecule has 0 amide bonds. The summed E-state index contributed by atoms with van der Waals surface area (Å²) >= 11 is 0. The van der Waals surface area contributed by atoms with Crippen LogP contribution >= 0.6 is 0 Å². The Balaban J connectivity index is 2.27. The molecule has 1 N–H and O–H groups in total. The van der Waals surface area contributed by atoms with Gasteiger partial charge in [-0.1, -0.05) is 5.21 Å². The van der Waals surface area contributed by atoms with E-state index in [2.05, 4.69) is 10.3 Å². The van der Waals surface area contributed by atoms with Gasteiger partial charge in [0.1, 0.15) is 6.54 Å². The van der Waals surface area contributed by atoms with E-state index in [9.17, 15) is 18.0 Å². The SMILES string of the molecule is O=C(O)c1nnn(CC(F)(F)F)c1CC1CC1. The Kier molecular flexibility index (Phi) is 2.80. The van der Waals surface area contributed by atoms with Crippen molar-refractivity contribution in [1.82, 2.24) is 15.0 Å². The van der Waals surface area contributed by atoms with Crippen LogP contribution in [0.1, 0.15) is 29.0 Å². The summed E-state index contributed by atoms with van der Waals surface area (Å²) in [4.78, 5) is 10.8. The van der Waals surface area contributed by atoms with Gasteiger partial charge in [-0.3, -0.25) is 0 Å². The van der Waals surface area contributed by atoms with Crippen molar-refractivity contribution in [1.29, 1.82) is 0 Å². The molecule has 0 unspecified atom stereocenters. The van der Waals surface area contributed by atoms with Crippen LogP contribution in [-0.2, 0) is 13.0 Å². The standard InChI is InChI=1S/C9H10F3N3O2/c10-9(11,12)4-15-6(3-5-1-2-5)7(8(16)17)13-14-15/h5H,1-4H2,(H,16,17). The Morgan fingerprint density at radius 3 is 2.59 bits per heavy atom. The molecule has 0 aliphatic heterocycles. The number of hydrogen-bond donors (Lipinski definition) is 1. The van der Waals surface area contributed by atoms with Crippen LogP contribution in [0.2, 0.25) is 0 Å². The van der Waals surface area contributed by atoms with Gasteiger partial charge in [-0.05, 0) is 25.2 Å². The van der Waals surface area contributed by atoms with Crippen molar-refractivity contribution in [2.24, 2.45) is 5.92 Å². The summed E-state index contributed by atoms with van der Waals surface area (Å²) < 4.78 is 37.4. The molecule has 0 bridgehead atoms. The fourth-order valence-corrected chi connectivity index (χ4v) is 1.59. The Morgan fingerprint density at radius 2 is 2.12 bits per heavy atom. The van der Waals surface area contributed by atoms with Crippen LogP contribution in [0.15, 0.2) is 0 Å². The van der Waals surface area contributed by atoms with Gasteiger partial charge in [-0.25, -0.2) is 9.48 Å². The molecule has 1 fully saturated rings. The Morgan fingerprint density at radius 1 is 1.47 bits per heavy atom. The lowest BCUT2D eigenvalue weighted by Gasteiger charge is -2.09. The molecule has 0 atom stereocenters. The highest BCUT2D eigenvalue weighted by molar-refractivity contribution is 5.86. The van der Waals surface area contributed by atoms with Crippen molar-refractivity contribution in [3.05, 3.63) is 11.4 Å². The van der Waals surface area contributed by atoms with Crippen molar-refractivity contribution in [3.8, 4) is 0 Å². The lowest BCUT2D eigenvalue weighted by molar-refractivity contribution is -0.143. The summed E-state index contributed by atoms with van der Waals surface area (Å²) in [6.45, 7) is -1.30. The van der Waals surface area contributed by atoms with Crippen LogP contribution in [-0.4, -0.2) is 32.2 Å². The van der Waals surface area contributed by atoms with Crippen molar-refractivity contribution in [3.63, 3.8) is 0 Å². The highest BCUT2D eigenvalue weighted by Crippen LogP contribution is 2.33. The van der Waals surface area contributed by atoms with Crippen LogP contribution in [0, 0.1) is 5.92 Å². The molecule has 1 aliphatic carbocycles. The third kappa shape index (κ3) is 2.95. The van der Waals surface area contributed by atoms with Crippen molar-refractivity contribution in [2.45, 2.75) is 32.0 Å². The van der Waals surface area contributed by atoms with Crippen LogP contribution in [0.25, 0.3) is 0 Å². The molecule has 0 saturated heterocycles. The summed E-state index contributed by atoms with van der Waals surface area (Å²) in [5, 5.41) is 15.4. The number of hydrogen-bond acceptors (Lipinski definition) is 3. The number of alkyl halides is 3. The van der Waals surface area contributed by atoms with Crippen LogP contribution in [0.3, 0.4) is 0 Å². The summed E-state index contributed by atoms with van der Waals surface area (Å²) in [5.74, 6) is -1.08. The van der Waals surface area contributed by atoms with E-state index < -0.39 is 18.7 Å². The molecule has 1 aliphatic rings. The molecule has 2 rings (SSSR count). The molecule has 17 heavy (non-hydrogen) atoms. The molecule has 5 nitrogen and oxygen atoms in total. The first kappa shape index (κ1) is 11.9. The van der Waals surface area contributed by atoms with Gasteiger partial charge in [0.15, 0.2) is 5.69 Å². The van der Waals surface area contributed by atoms with Gasteiger partial charge >= 0.3 is 12.1 Å². The van der Waals surface area contributed by atoms with Crippen molar-refractivity contribution < 1.29 is 23.1 Å². The lowest BCUT2D eigenvalue weighted by Crippen LogP contribution is -2.21. The summed E-state index contributed by atoms with van der Waals surface area (Å²) in [5.41, 5.74) is -0.307. The lowest BCUT2D eigenvalue weighted by atomic mass is 10.2. The number of carboxylic acids is 1. The highest BCUT2D eigenvalue weighted by Gasteiger charge is 2.33. The Labute approximate surface area is 94.2 Å². The summed E-state index contributed by atoms with van der Waals surface area (Å²) in [6, 6.07) is 0. The average Bonchev–Trinajstić information content (AvgIpc) is 2.88. The maximum Gasteiger partial charge on any atom is 0.408 e. The predicted octanol–water partition coefficient (Wildman–Crippen LogP) is 1.49. The predicted molar refractivity (Wildman–Crippen MR) is 49.5 cm³/mol. The van der Waals surface area contributed by atoms with E-state index in [1.54, 1.807) is 0 Å². The number of halogens is 3. The second-order valence-corrected chi connectivity index (χ2v) is 4.11. The molecular formula is C9H10F3N3O2. The molecule has 0 radical (unpaired) electrons. The van der Waals surface area contributed by atoms with Gasteiger partial charge in [0.25, 0.3) is 0 Å². The third-order valence-corrected chi connectivity index (χ3v) is 2.55. The van der Waals surface area contributed by atoms with Gasteiger partial charge < -0.3 is 5.11 Å². The zero-order chi connectivity index (χ0) is 12.6. The summed E-state index contributed by atoms with van der Waals surface area (Å²) in [7, 11) is 0. The number of aromatic nitrogens is 3. The molecular weight excluding hydrogens is 239 g/mol. The number of nitrogens with zero attached hydrogens (tertiary/aromatic N) is 3. The molecule has 1 aromatic rings. The van der Waals surface area contributed by atoms with Gasteiger partial charge in [-0.15, -0.1) is 5.10 Å². The largest absolute Gasteiger partial charge is 0.476 e. The first-order valence-corrected chi connectivity index (χ1v) is 5.09. The van der Waals surface area contributed by atoms with E-state index in [4.69, 9.17) is 5.11 Å². The van der Waals surface area contributed by atoms with E-state index in [1.165, 1.54) is 0 Å². The van der Waals surface area contributed by atoms with Crippen LogP contribution in [0.4, 0.5) is 13.2 Å². The quantitative estimate of drug-likeness (QED) is 0.877. The maximum absolute atomic E-state index is 12.2. The average molecular weight is 249 g/mol. The van der Waals surface area contributed by atoms with Gasteiger partial charge in [-0.2, -0.15) is 13.2 Å². The smallest absolute Gasteiger partial charge is 0.408 e. The third-order valence-electron chi connectivity index (χ3n) is 2.55. The van der Waals surface area contributed by atoms with Crippen LogP contribution < -0.4 is 0 Å². The normalized spacial score (nSPS) is 16.2. The molecule has 8 heteroatoms. The van der Waals surface area contributed by atoms with Crippen molar-refractivity contribution in [2.75, 3.05) is 0 Å². The Hall–Kier alpha value is -1.60. The number of aromatic carboxylic acids is 1. The second-order valence-electron chi connectivity index (χ2n) is 4.11. The minimum atomic E-state index is -4.43. The first-order chi connectivity index (χ1) is 7.87. The molecule has 1 aromatic heterocycles. The topological polar surface area (TPSA) is 68.0 Å². The highest BCUT2D eigenvalue weighted by atomic mass is 19.4. The van der Waals surface area contributed by atoms with Crippen LogP contribution in [0.5, 0.6) is 0 Å². The van der Waals surface area contributed by atoms with E-state index in [1.807, 2.05) is 0 Å². The minimum absolute atomic E-state index is 0.0670. The monoisotopic (exact) mass is 249 g/mol. The fourth-order valence-electron chi connectivity index (χ4n) is 1.59. The van der Waals surface area contributed by atoms with Gasteiger partial charge in [0.05, 0.1) is 5.69 Å². The van der Waals surface area contributed by atoms with Crippen molar-refractivity contribution >= 4 is 5.97 Å². The maximum atomic E-state index is 12.2. The van der Waals surface area contributed by atoms with E-state index in [0.717, 1.165) is 12.8 Å². The molecule has 1 heterocycles. The zero-order valence-corrected chi connectivity index (χ0v) is 8.74. The number of rotatable bonds is 4. The molecule has 94 valence electrons.